The van der Waals surface area contributed by atoms with Gasteiger partial charge in [0.15, 0.2) is 0 Å². The zero-order valence-electron chi connectivity index (χ0n) is 25.3. The van der Waals surface area contributed by atoms with Crippen molar-refractivity contribution in [1.82, 2.24) is 13.8 Å². The zero-order valence-corrected chi connectivity index (χ0v) is 26.9. The van der Waals surface area contributed by atoms with E-state index in [1.165, 1.54) is 11.4 Å². The van der Waals surface area contributed by atoms with Crippen LogP contribution in [-0.2, 0) is 39.5 Å². The van der Waals surface area contributed by atoms with E-state index in [1.54, 1.807) is 47.5 Å². The highest BCUT2D eigenvalue weighted by Crippen LogP contribution is 2.30. The van der Waals surface area contributed by atoms with Crippen molar-refractivity contribution in [2.45, 2.75) is 43.0 Å². The Bertz CT molecular complexity index is 1750. The van der Waals surface area contributed by atoms with E-state index in [1.807, 2.05) is 49.0 Å². The molecular formula is C32H38N4O6S2. The summed E-state index contributed by atoms with van der Waals surface area (Å²) in [4.78, 5) is 28.3. The highest BCUT2D eigenvalue weighted by Gasteiger charge is 2.33. The second kappa shape index (κ2) is 13.1. The molecule has 0 aliphatic carbocycles. The van der Waals surface area contributed by atoms with Crippen LogP contribution in [0.15, 0.2) is 70.4 Å². The van der Waals surface area contributed by atoms with Crippen molar-refractivity contribution in [1.29, 1.82) is 0 Å². The second-order valence-corrected chi connectivity index (χ2v) is 14.7. The van der Waals surface area contributed by atoms with Gasteiger partial charge in [0.05, 0.1) is 32.0 Å². The number of thiophene rings is 1. The summed E-state index contributed by atoms with van der Waals surface area (Å²) in [6.07, 6.45) is 1.53. The first-order valence-corrected chi connectivity index (χ1v) is 16.8. The molecular weight excluding hydrogens is 601 g/mol. The number of aliphatic hydroxyl groups excluding tert-OH is 1. The Morgan fingerprint density at radius 1 is 1.20 bits per heavy atom. The Balaban J connectivity index is 1.41. The molecule has 0 unspecified atom stereocenters. The number of nitrogens with one attached hydrogen (secondary N) is 1. The first-order chi connectivity index (χ1) is 21.0. The van der Waals surface area contributed by atoms with Crippen LogP contribution in [0.4, 0.5) is 5.69 Å². The number of hydrogen-bond acceptors (Lipinski definition) is 7. The molecule has 2 aromatic heterocycles. The Morgan fingerprint density at radius 2 is 1.98 bits per heavy atom. The van der Waals surface area contributed by atoms with Crippen LogP contribution in [-0.4, -0.2) is 78.0 Å². The number of fused-ring (bicyclic) bond motifs is 2. The molecule has 0 spiro atoms. The fraction of sp³-hybridized carbons (Fsp3) is 0.375. The number of nitrogens with zero attached hydrogens (tertiary/aromatic N) is 3. The van der Waals surface area contributed by atoms with Gasteiger partial charge >= 0.3 is 0 Å². The lowest BCUT2D eigenvalue weighted by Crippen LogP contribution is -2.48. The molecule has 0 saturated carbocycles. The number of carbonyl (C=O) groups excluding carboxylic acids is 2. The van der Waals surface area contributed by atoms with Gasteiger partial charge in [0, 0.05) is 54.9 Å². The third-order valence-corrected chi connectivity index (χ3v) is 11.3. The molecule has 2 N–H and O–H groups in total. The number of carbonyl (C=O) groups is 2. The third-order valence-electron chi connectivity index (χ3n) is 8.13. The van der Waals surface area contributed by atoms with Gasteiger partial charge in [-0.2, -0.15) is 4.31 Å². The fourth-order valence-corrected chi connectivity index (χ4v) is 7.97. The summed E-state index contributed by atoms with van der Waals surface area (Å²) in [5.74, 6) is -0.204. The van der Waals surface area contributed by atoms with Gasteiger partial charge in [-0.15, -0.1) is 11.3 Å². The van der Waals surface area contributed by atoms with E-state index >= 15 is 0 Å². The molecule has 1 aliphatic rings. The Hall–Kier alpha value is -3.71. The Morgan fingerprint density at radius 3 is 2.70 bits per heavy atom. The summed E-state index contributed by atoms with van der Waals surface area (Å²) >= 11 is 1.15. The maximum absolute atomic E-state index is 13.5. The normalized spacial score (nSPS) is 18.3. The SMILES string of the molecule is C[C@H](CO)N1C[C@H](C)[C@H](CN(C)S(=O)(=O)c2cccs2)Oc2ccc(NC(=O)Cc3cn(C)c4ccccc34)cc2CC1=O. The van der Waals surface area contributed by atoms with Crippen LogP contribution in [0, 0.1) is 5.92 Å². The van der Waals surface area contributed by atoms with Crippen molar-refractivity contribution >= 4 is 49.8 Å². The zero-order chi connectivity index (χ0) is 31.6. The molecule has 1 aliphatic heterocycles. The molecule has 4 aromatic rings. The molecule has 3 atom stereocenters. The Labute approximate surface area is 261 Å². The lowest BCUT2D eigenvalue weighted by atomic mass is 10.0. The number of rotatable bonds is 9. The number of aliphatic hydroxyl groups is 1. The van der Waals surface area contributed by atoms with Crippen LogP contribution in [0.2, 0.25) is 0 Å². The largest absolute Gasteiger partial charge is 0.488 e. The average Bonchev–Trinajstić information content (AvgIpc) is 3.65. The van der Waals surface area contributed by atoms with E-state index in [0.29, 0.717) is 17.0 Å². The summed E-state index contributed by atoms with van der Waals surface area (Å²) < 4.78 is 36.4. The number of para-hydroxylation sites is 1. The van der Waals surface area contributed by atoms with Crippen molar-refractivity contribution in [3.05, 3.63) is 77.3 Å². The van der Waals surface area contributed by atoms with Crippen LogP contribution < -0.4 is 10.1 Å². The fourth-order valence-electron chi connectivity index (χ4n) is 5.59. The Kier molecular flexibility index (Phi) is 9.45. The average molecular weight is 639 g/mol. The van der Waals surface area contributed by atoms with Gasteiger partial charge in [0.25, 0.3) is 10.0 Å². The van der Waals surface area contributed by atoms with Crippen molar-refractivity contribution in [2.24, 2.45) is 13.0 Å². The summed E-state index contributed by atoms with van der Waals surface area (Å²) in [5.41, 5.74) is 3.04. The van der Waals surface area contributed by atoms with Crippen molar-refractivity contribution in [3.63, 3.8) is 0 Å². The predicted octanol–water partition coefficient (Wildman–Crippen LogP) is 3.89. The number of likely N-dealkylation sites (N-methyl/N-ethyl adjacent to an activating group) is 1. The molecule has 0 fully saturated rings. The molecule has 0 saturated heterocycles. The first-order valence-electron chi connectivity index (χ1n) is 14.5. The second-order valence-electron chi connectivity index (χ2n) is 11.4. The van der Waals surface area contributed by atoms with Crippen LogP contribution in [0.25, 0.3) is 10.9 Å². The minimum Gasteiger partial charge on any atom is -0.488 e. The number of benzene rings is 2. The quantitative estimate of drug-likeness (QED) is 0.287. The predicted molar refractivity (Wildman–Crippen MR) is 171 cm³/mol. The summed E-state index contributed by atoms with van der Waals surface area (Å²) in [6.45, 7) is 3.80. The molecule has 10 nitrogen and oxygen atoms in total. The van der Waals surface area contributed by atoms with Crippen LogP contribution in [0.3, 0.4) is 0 Å². The molecule has 234 valence electrons. The lowest BCUT2D eigenvalue weighted by Gasteiger charge is -2.33. The number of aryl methyl sites for hydroxylation is 1. The molecule has 2 aromatic carbocycles. The van der Waals surface area contributed by atoms with Gasteiger partial charge in [0.1, 0.15) is 16.1 Å². The maximum atomic E-state index is 13.5. The molecule has 0 bridgehead atoms. The van der Waals surface area contributed by atoms with Gasteiger partial charge in [0.2, 0.25) is 11.8 Å². The van der Waals surface area contributed by atoms with Crippen molar-refractivity contribution in [2.75, 3.05) is 32.1 Å². The minimum atomic E-state index is -3.73. The highest BCUT2D eigenvalue weighted by molar-refractivity contribution is 7.91. The van der Waals surface area contributed by atoms with Gasteiger partial charge in [-0.3, -0.25) is 9.59 Å². The first kappa shape index (κ1) is 31.7. The molecule has 5 rings (SSSR count). The smallest absolute Gasteiger partial charge is 0.252 e. The minimum absolute atomic E-state index is 0.00448. The lowest BCUT2D eigenvalue weighted by molar-refractivity contribution is -0.134. The number of ether oxygens (including phenoxy) is 1. The van der Waals surface area contributed by atoms with E-state index in [4.69, 9.17) is 4.74 Å². The van der Waals surface area contributed by atoms with E-state index < -0.39 is 22.2 Å². The number of sulfonamides is 1. The third kappa shape index (κ3) is 6.68. The number of amides is 2. The number of hydrogen-bond donors (Lipinski definition) is 2. The van der Waals surface area contributed by atoms with E-state index in [2.05, 4.69) is 5.32 Å². The molecule has 2 amide bonds. The topological polar surface area (TPSA) is 121 Å². The number of aromatic nitrogens is 1. The maximum Gasteiger partial charge on any atom is 0.252 e. The van der Waals surface area contributed by atoms with Gasteiger partial charge in [-0.25, -0.2) is 8.42 Å². The summed E-state index contributed by atoms with van der Waals surface area (Å²) in [6, 6.07) is 15.9. The van der Waals surface area contributed by atoms with Gasteiger partial charge in [-0.1, -0.05) is 31.2 Å². The standard InChI is InChI=1S/C32H38N4O6S2/c1-21-17-36(22(2)20-37)31(39)16-23-14-25(33-30(38)15-24-18-34(3)27-9-6-5-8-26(24)27)11-12-28(23)42-29(21)19-35(4)44(40,41)32-10-7-13-43-32/h5-14,18,21-22,29,37H,15-17,19-20H2,1-4H3,(H,33,38)/t21-,22+,29-/m0/s1. The van der Waals surface area contributed by atoms with Crippen LogP contribution in [0.5, 0.6) is 5.75 Å². The molecule has 0 radical (unpaired) electrons. The van der Waals surface area contributed by atoms with Crippen molar-refractivity contribution in [3.8, 4) is 5.75 Å². The molecule has 3 heterocycles. The van der Waals surface area contributed by atoms with E-state index in [-0.39, 0.29) is 54.5 Å². The molecule has 12 heteroatoms. The number of anilines is 1. The van der Waals surface area contributed by atoms with E-state index in [0.717, 1.165) is 27.8 Å². The molecule has 44 heavy (non-hydrogen) atoms. The van der Waals surface area contributed by atoms with Crippen LogP contribution in [0.1, 0.15) is 25.0 Å². The van der Waals surface area contributed by atoms with E-state index in [9.17, 15) is 23.1 Å². The summed E-state index contributed by atoms with van der Waals surface area (Å²) in [7, 11) is -0.260. The summed E-state index contributed by atoms with van der Waals surface area (Å²) in [5, 5.41) is 15.6. The van der Waals surface area contributed by atoms with Gasteiger partial charge < -0.3 is 24.6 Å². The van der Waals surface area contributed by atoms with Gasteiger partial charge in [-0.05, 0) is 48.2 Å². The monoisotopic (exact) mass is 638 g/mol. The van der Waals surface area contributed by atoms with Crippen LogP contribution >= 0.6 is 11.3 Å². The highest BCUT2D eigenvalue weighted by atomic mass is 32.2. The van der Waals surface area contributed by atoms with Crippen molar-refractivity contribution < 1.29 is 27.9 Å².